The van der Waals surface area contributed by atoms with Crippen molar-refractivity contribution in [1.82, 2.24) is 10.2 Å². The molecule has 0 radical (unpaired) electrons. The van der Waals surface area contributed by atoms with Gasteiger partial charge in [0, 0.05) is 38.2 Å². The first kappa shape index (κ1) is 12.2. The topological polar surface area (TPSA) is 41.6 Å². The first-order valence-electron chi connectivity index (χ1n) is 5.94. The molecule has 2 atom stereocenters. The minimum Gasteiger partial charge on any atom is -0.380 e. The second-order valence-electron chi connectivity index (χ2n) is 4.37. The lowest BCUT2D eigenvalue weighted by Gasteiger charge is -2.35. The summed E-state index contributed by atoms with van der Waals surface area (Å²) in [6.07, 6.45) is 2.37. The van der Waals surface area contributed by atoms with Gasteiger partial charge in [-0.05, 0) is 12.8 Å². The molecule has 1 amide bonds. The highest BCUT2D eigenvalue weighted by atomic mass is 32.2. The van der Waals surface area contributed by atoms with Crippen LogP contribution in [0.5, 0.6) is 0 Å². The van der Waals surface area contributed by atoms with E-state index < -0.39 is 0 Å². The largest absolute Gasteiger partial charge is 0.380 e. The van der Waals surface area contributed by atoms with E-state index >= 15 is 0 Å². The predicted molar refractivity (Wildman–Crippen MR) is 65.7 cm³/mol. The molecule has 2 saturated heterocycles. The number of likely N-dealkylation sites (tertiary alicyclic amines) is 1. The Hall–Kier alpha value is -0.260. The van der Waals surface area contributed by atoms with Gasteiger partial charge in [0.2, 0.25) is 5.91 Å². The number of hydrogen-bond acceptors (Lipinski definition) is 4. The summed E-state index contributed by atoms with van der Waals surface area (Å²) in [4.78, 5) is 14.2. The van der Waals surface area contributed by atoms with Crippen LogP contribution in [0.1, 0.15) is 12.8 Å². The molecule has 0 saturated carbocycles. The van der Waals surface area contributed by atoms with Crippen molar-refractivity contribution in [3.05, 3.63) is 0 Å². The van der Waals surface area contributed by atoms with Crippen molar-refractivity contribution in [1.29, 1.82) is 0 Å². The summed E-state index contributed by atoms with van der Waals surface area (Å²) < 4.78 is 5.34. The number of thioether (sulfide) groups is 1. The summed E-state index contributed by atoms with van der Waals surface area (Å²) in [6, 6.07) is 0.0226. The van der Waals surface area contributed by atoms with E-state index in [1.54, 1.807) is 7.11 Å². The minimum atomic E-state index is 0.0226. The van der Waals surface area contributed by atoms with Gasteiger partial charge in [-0.2, -0.15) is 11.8 Å². The molecule has 92 valence electrons. The number of hydrogen-bond donors (Lipinski definition) is 1. The van der Waals surface area contributed by atoms with Gasteiger partial charge in [-0.1, -0.05) is 0 Å². The molecule has 0 bridgehead atoms. The summed E-state index contributed by atoms with van der Waals surface area (Å²) in [5, 5.41) is 3.30. The van der Waals surface area contributed by atoms with Crippen LogP contribution in [0.25, 0.3) is 0 Å². The van der Waals surface area contributed by atoms with E-state index in [4.69, 9.17) is 4.74 Å². The number of methoxy groups -OCH3 is 1. The third-order valence-electron chi connectivity index (χ3n) is 3.24. The lowest BCUT2D eigenvalue weighted by atomic mass is 10.1. The molecule has 0 aliphatic carbocycles. The number of ether oxygens (including phenoxy) is 1. The first-order chi connectivity index (χ1) is 7.81. The fraction of sp³-hybridized carbons (Fsp3) is 0.909. The van der Waals surface area contributed by atoms with Crippen molar-refractivity contribution < 1.29 is 9.53 Å². The molecule has 2 fully saturated rings. The van der Waals surface area contributed by atoms with Gasteiger partial charge in [-0.3, -0.25) is 4.79 Å². The SMILES string of the molecule is COC1CCCN(C(=O)C2CSCCN2)C1. The number of nitrogens with zero attached hydrogens (tertiary/aromatic N) is 1. The van der Waals surface area contributed by atoms with E-state index in [0.717, 1.165) is 44.0 Å². The van der Waals surface area contributed by atoms with Gasteiger partial charge >= 0.3 is 0 Å². The average Bonchev–Trinajstić information content (AvgIpc) is 2.39. The monoisotopic (exact) mass is 244 g/mol. The minimum absolute atomic E-state index is 0.0226. The molecule has 0 aromatic carbocycles. The molecule has 2 aliphatic heterocycles. The van der Waals surface area contributed by atoms with Crippen molar-refractivity contribution in [2.24, 2.45) is 0 Å². The number of piperidine rings is 1. The maximum Gasteiger partial charge on any atom is 0.240 e. The van der Waals surface area contributed by atoms with Crippen molar-refractivity contribution in [3.63, 3.8) is 0 Å². The molecule has 16 heavy (non-hydrogen) atoms. The number of carbonyl (C=O) groups is 1. The Kier molecular flexibility index (Phi) is 4.49. The molecule has 2 unspecified atom stereocenters. The van der Waals surface area contributed by atoms with E-state index in [1.807, 2.05) is 16.7 Å². The van der Waals surface area contributed by atoms with E-state index in [2.05, 4.69) is 5.32 Å². The molecule has 0 spiro atoms. The Morgan fingerprint density at radius 2 is 2.44 bits per heavy atom. The molecular formula is C11H20N2O2S. The zero-order valence-corrected chi connectivity index (χ0v) is 10.6. The fourth-order valence-electron chi connectivity index (χ4n) is 2.28. The number of nitrogens with one attached hydrogen (secondary N) is 1. The quantitative estimate of drug-likeness (QED) is 0.760. The van der Waals surface area contributed by atoms with Gasteiger partial charge in [-0.25, -0.2) is 0 Å². The second kappa shape index (κ2) is 5.89. The fourth-order valence-corrected chi connectivity index (χ4v) is 3.20. The van der Waals surface area contributed by atoms with E-state index in [0.29, 0.717) is 0 Å². The van der Waals surface area contributed by atoms with Crippen LogP contribution in [0.2, 0.25) is 0 Å². The molecule has 5 heteroatoms. The van der Waals surface area contributed by atoms with Crippen LogP contribution in [0.3, 0.4) is 0 Å². The molecule has 2 heterocycles. The lowest BCUT2D eigenvalue weighted by Crippen LogP contribution is -2.53. The Bertz CT molecular complexity index is 244. The number of rotatable bonds is 2. The van der Waals surface area contributed by atoms with Gasteiger partial charge in [0.25, 0.3) is 0 Å². The lowest BCUT2D eigenvalue weighted by molar-refractivity contribution is -0.136. The second-order valence-corrected chi connectivity index (χ2v) is 5.52. The summed E-state index contributed by atoms with van der Waals surface area (Å²) in [5.41, 5.74) is 0. The summed E-state index contributed by atoms with van der Waals surface area (Å²) >= 11 is 1.86. The smallest absolute Gasteiger partial charge is 0.240 e. The normalized spacial score (nSPS) is 31.4. The molecule has 2 rings (SSSR count). The van der Waals surface area contributed by atoms with E-state index in [1.165, 1.54) is 0 Å². The number of carbonyl (C=O) groups excluding carboxylic acids is 1. The summed E-state index contributed by atoms with van der Waals surface area (Å²) in [5.74, 6) is 2.28. The van der Waals surface area contributed by atoms with Crippen LogP contribution in [-0.2, 0) is 9.53 Å². The third kappa shape index (κ3) is 2.90. The Labute approximate surface area is 101 Å². The Morgan fingerprint density at radius 1 is 1.56 bits per heavy atom. The van der Waals surface area contributed by atoms with Crippen molar-refractivity contribution >= 4 is 17.7 Å². The van der Waals surface area contributed by atoms with Gasteiger partial charge in [0.1, 0.15) is 0 Å². The first-order valence-corrected chi connectivity index (χ1v) is 7.09. The number of amides is 1. The molecule has 1 N–H and O–H groups in total. The van der Waals surface area contributed by atoms with Gasteiger partial charge < -0.3 is 15.0 Å². The van der Waals surface area contributed by atoms with E-state index in [-0.39, 0.29) is 18.1 Å². The molecule has 4 nitrogen and oxygen atoms in total. The van der Waals surface area contributed by atoms with Gasteiger partial charge in [-0.15, -0.1) is 0 Å². The molecular weight excluding hydrogens is 224 g/mol. The molecule has 0 aromatic rings. The maximum absolute atomic E-state index is 12.2. The van der Waals surface area contributed by atoms with Crippen LogP contribution in [0.4, 0.5) is 0 Å². The zero-order valence-electron chi connectivity index (χ0n) is 9.78. The highest BCUT2D eigenvalue weighted by molar-refractivity contribution is 7.99. The standard InChI is InChI=1S/C11H20N2O2S/c1-15-9-3-2-5-13(7-9)11(14)10-8-16-6-4-12-10/h9-10,12H,2-8H2,1H3. The highest BCUT2D eigenvalue weighted by Crippen LogP contribution is 2.16. The van der Waals surface area contributed by atoms with Gasteiger partial charge in [0.15, 0.2) is 0 Å². The van der Waals surface area contributed by atoms with E-state index in [9.17, 15) is 4.79 Å². The third-order valence-corrected chi connectivity index (χ3v) is 4.30. The van der Waals surface area contributed by atoms with Crippen LogP contribution >= 0.6 is 11.8 Å². The summed E-state index contributed by atoms with van der Waals surface area (Å²) in [7, 11) is 1.73. The molecule has 0 aromatic heterocycles. The Balaban J connectivity index is 1.87. The summed E-state index contributed by atoms with van der Waals surface area (Å²) in [6.45, 7) is 2.60. The maximum atomic E-state index is 12.2. The van der Waals surface area contributed by atoms with Crippen molar-refractivity contribution in [2.75, 3.05) is 38.2 Å². The van der Waals surface area contributed by atoms with Gasteiger partial charge in [0.05, 0.1) is 12.1 Å². The highest BCUT2D eigenvalue weighted by Gasteiger charge is 2.29. The van der Waals surface area contributed by atoms with Crippen molar-refractivity contribution in [2.45, 2.75) is 25.0 Å². The zero-order chi connectivity index (χ0) is 11.4. The predicted octanol–water partition coefficient (Wildman–Crippen LogP) is 0.329. The van der Waals surface area contributed by atoms with Crippen molar-refractivity contribution in [3.8, 4) is 0 Å². The molecule has 2 aliphatic rings. The Morgan fingerprint density at radius 3 is 3.12 bits per heavy atom. The average molecular weight is 244 g/mol. The van der Waals surface area contributed by atoms with Crippen LogP contribution in [0.15, 0.2) is 0 Å². The van der Waals surface area contributed by atoms with Crippen LogP contribution < -0.4 is 5.32 Å². The van der Waals surface area contributed by atoms with Crippen LogP contribution in [-0.4, -0.2) is 61.2 Å². The van der Waals surface area contributed by atoms with Crippen LogP contribution in [0, 0.1) is 0 Å².